The van der Waals surface area contributed by atoms with E-state index in [1.54, 1.807) is 0 Å². The molecule has 4 nitrogen and oxygen atoms in total. The molecule has 0 N–H and O–H groups in total. The van der Waals surface area contributed by atoms with Crippen LogP contribution in [-0.4, -0.2) is 36.4 Å². The maximum atomic E-state index is 13.8. The van der Waals surface area contributed by atoms with Gasteiger partial charge in [0.2, 0.25) is 5.75 Å². The molecule has 1 aromatic rings. The largest absolute Gasteiger partial charge is 0.573 e. The summed E-state index contributed by atoms with van der Waals surface area (Å²) >= 11 is 2.23. The number of hydrogen-bond donors (Lipinski definition) is 0. The van der Waals surface area contributed by atoms with Crippen molar-refractivity contribution in [3.8, 4) is 5.75 Å². The van der Waals surface area contributed by atoms with Crippen molar-refractivity contribution < 1.29 is 40.9 Å². The van der Waals surface area contributed by atoms with Crippen LogP contribution in [0, 0.1) is 17.6 Å². The number of halogens is 6. The monoisotopic (exact) mass is 494 g/mol. The predicted molar refractivity (Wildman–Crippen MR) is 88.0 cm³/mol. The van der Waals surface area contributed by atoms with Crippen LogP contribution in [0.3, 0.4) is 0 Å². The fourth-order valence-electron chi connectivity index (χ4n) is 2.99. The molecule has 2 fully saturated rings. The van der Waals surface area contributed by atoms with Gasteiger partial charge in [-0.25, -0.2) is 8.78 Å². The maximum Gasteiger partial charge on any atom is 0.573 e. The molecular formula is C16H16F5IO4. The first-order chi connectivity index (χ1) is 12.2. The van der Waals surface area contributed by atoms with Crippen molar-refractivity contribution in [1.82, 2.24) is 0 Å². The van der Waals surface area contributed by atoms with Gasteiger partial charge in [0.25, 0.3) is 0 Å². The first-order valence-electron chi connectivity index (χ1n) is 7.96. The van der Waals surface area contributed by atoms with Crippen LogP contribution >= 0.6 is 22.6 Å². The third-order valence-corrected chi connectivity index (χ3v) is 4.91. The highest BCUT2D eigenvalue weighted by Crippen LogP contribution is 2.37. The van der Waals surface area contributed by atoms with Gasteiger partial charge in [-0.2, -0.15) is 0 Å². The summed E-state index contributed by atoms with van der Waals surface area (Å²) in [7, 11) is 0. The van der Waals surface area contributed by atoms with E-state index in [9.17, 15) is 22.0 Å². The molecule has 0 radical (unpaired) electrons. The summed E-state index contributed by atoms with van der Waals surface area (Å²) in [6, 6.07) is 1.62. The average molecular weight is 494 g/mol. The van der Waals surface area contributed by atoms with Crippen LogP contribution in [0.2, 0.25) is 0 Å². The Morgan fingerprint density at radius 3 is 2.08 bits per heavy atom. The lowest BCUT2D eigenvalue weighted by Crippen LogP contribution is -2.40. The van der Waals surface area contributed by atoms with Crippen LogP contribution in [0.1, 0.15) is 24.5 Å². The molecule has 3 rings (SSSR count). The Morgan fingerprint density at radius 1 is 0.962 bits per heavy atom. The number of rotatable bonds is 3. The summed E-state index contributed by atoms with van der Waals surface area (Å²) in [5.74, 6) is -4.31. The van der Waals surface area contributed by atoms with Gasteiger partial charge >= 0.3 is 6.36 Å². The van der Waals surface area contributed by atoms with Crippen molar-refractivity contribution in [3.05, 3.63) is 29.3 Å². The Balaban J connectivity index is 1.62. The van der Waals surface area contributed by atoms with Crippen LogP contribution in [-0.2, 0) is 14.2 Å². The topological polar surface area (TPSA) is 36.9 Å². The van der Waals surface area contributed by atoms with Gasteiger partial charge in [0.15, 0.2) is 17.9 Å². The van der Waals surface area contributed by atoms with Gasteiger partial charge in [0, 0.05) is 5.92 Å². The zero-order chi connectivity index (χ0) is 18.9. The standard InChI is InChI=1S/C16H16F5IO4/c17-11-3-9(4-12(18)14(11)26-16(19,20)21)13-2-1-8(5-23-13)15-24-6-10(22)7-25-15/h3-4,8,10,13,15H,1-2,5-7H2. The minimum absolute atomic E-state index is 0.00215. The lowest BCUT2D eigenvalue weighted by Gasteiger charge is -2.36. The second-order valence-electron chi connectivity index (χ2n) is 6.15. The number of hydrogen-bond acceptors (Lipinski definition) is 4. The fourth-order valence-corrected chi connectivity index (χ4v) is 3.41. The predicted octanol–water partition coefficient (Wildman–Crippen LogP) is 4.51. The quantitative estimate of drug-likeness (QED) is 0.352. The second-order valence-corrected chi connectivity index (χ2v) is 7.91. The first-order valence-corrected chi connectivity index (χ1v) is 9.21. The lowest BCUT2D eigenvalue weighted by atomic mass is 9.94. The van der Waals surface area contributed by atoms with Gasteiger partial charge in [-0.1, -0.05) is 22.6 Å². The van der Waals surface area contributed by atoms with Crippen LogP contribution < -0.4 is 4.74 Å². The molecule has 146 valence electrons. The molecule has 10 heteroatoms. The highest BCUT2D eigenvalue weighted by Gasteiger charge is 2.36. The van der Waals surface area contributed by atoms with Crippen LogP contribution in [0.5, 0.6) is 5.75 Å². The Hall–Kier alpha value is -0.720. The SMILES string of the molecule is Fc1cc(C2CCC(C3OCC(I)CO3)CO2)cc(F)c1OC(F)(F)F. The summed E-state index contributed by atoms with van der Waals surface area (Å²) in [4.78, 5) is 0. The second kappa shape index (κ2) is 8.11. The molecule has 26 heavy (non-hydrogen) atoms. The van der Waals surface area contributed by atoms with Crippen molar-refractivity contribution in [2.45, 2.75) is 35.5 Å². The van der Waals surface area contributed by atoms with Crippen LogP contribution in [0.4, 0.5) is 22.0 Å². The van der Waals surface area contributed by atoms with Crippen molar-refractivity contribution in [1.29, 1.82) is 0 Å². The molecule has 1 aromatic carbocycles. The minimum atomic E-state index is -5.17. The zero-order valence-electron chi connectivity index (χ0n) is 13.4. The first kappa shape index (κ1) is 20.0. The van der Waals surface area contributed by atoms with E-state index in [2.05, 4.69) is 27.3 Å². The summed E-state index contributed by atoms with van der Waals surface area (Å²) < 4.78 is 84.8. The van der Waals surface area contributed by atoms with Crippen molar-refractivity contribution in [2.75, 3.05) is 19.8 Å². The normalized spacial score (nSPS) is 30.2. The summed E-state index contributed by atoms with van der Waals surface area (Å²) in [6.07, 6.45) is -5.08. The number of benzene rings is 1. The van der Waals surface area contributed by atoms with Gasteiger partial charge in [-0.05, 0) is 30.5 Å². The van der Waals surface area contributed by atoms with Crippen molar-refractivity contribution in [2.24, 2.45) is 5.92 Å². The van der Waals surface area contributed by atoms with E-state index < -0.39 is 29.9 Å². The Kier molecular flexibility index (Phi) is 6.25. The molecule has 0 spiro atoms. The summed E-state index contributed by atoms with van der Waals surface area (Å²) in [5, 5.41) is 0. The van der Waals surface area contributed by atoms with E-state index in [0.29, 0.717) is 30.0 Å². The molecule has 0 bridgehead atoms. The van der Waals surface area contributed by atoms with Gasteiger partial charge in [0.05, 0.1) is 29.8 Å². The van der Waals surface area contributed by atoms with E-state index in [4.69, 9.17) is 14.2 Å². The van der Waals surface area contributed by atoms with Gasteiger partial charge in [-0.3, -0.25) is 0 Å². The minimum Gasteiger partial charge on any atom is -0.399 e. The van der Waals surface area contributed by atoms with E-state index in [1.165, 1.54) is 0 Å². The zero-order valence-corrected chi connectivity index (χ0v) is 15.6. The molecule has 2 unspecified atom stereocenters. The smallest absolute Gasteiger partial charge is 0.399 e. The Morgan fingerprint density at radius 2 is 1.58 bits per heavy atom. The maximum absolute atomic E-state index is 13.8. The number of ether oxygens (including phenoxy) is 4. The molecule has 0 saturated carbocycles. The van der Waals surface area contributed by atoms with E-state index in [0.717, 1.165) is 12.1 Å². The van der Waals surface area contributed by atoms with Gasteiger partial charge in [-0.15, -0.1) is 13.2 Å². The molecule has 2 saturated heterocycles. The highest BCUT2D eigenvalue weighted by atomic mass is 127. The summed E-state index contributed by atoms with van der Waals surface area (Å²) in [6.45, 7) is 1.44. The van der Waals surface area contributed by atoms with Gasteiger partial charge in [0.1, 0.15) is 0 Å². The molecule has 0 aromatic heterocycles. The summed E-state index contributed by atoms with van der Waals surface area (Å²) in [5.41, 5.74) is 0.130. The van der Waals surface area contributed by atoms with E-state index in [1.807, 2.05) is 0 Å². The van der Waals surface area contributed by atoms with E-state index >= 15 is 0 Å². The third kappa shape index (κ3) is 4.96. The van der Waals surface area contributed by atoms with Gasteiger partial charge < -0.3 is 18.9 Å². The molecule has 2 aliphatic rings. The van der Waals surface area contributed by atoms with Crippen molar-refractivity contribution in [3.63, 3.8) is 0 Å². The lowest BCUT2D eigenvalue weighted by molar-refractivity contribution is -0.276. The van der Waals surface area contributed by atoms with Crippen LogP contribution in [0.25, 0.3) is 0 Å². The fraction of sp³-hybridized carbons (Fsp3) is 0.625. The average Bonchev–Trinajstić information content (AvgIpc) is 2.58. The Bertz CT molecular complexity index is 603. The third-order valence-electron chi connectivity index (χ3n) is 4.19. The molecule has 2 heterocycles. The number of alkyl halides is 4. The molecule has 0 aliphatic carbocycles. The highest BCUT2D eigenvalue weighted by molar-refractivity contribution is 14.1. The van der Waals surface area contributed by atoms with E-state index in [-0.39, 0.29) is 24.4 Å². The molecule has 2 atom stereocenters. The van der Waals surface area contributed by atoms with Crippen LogP contribution in [0.15, 0.2) is 12.1 Å². The molecule has 0 amide bonds. The molecule has 2 aliphatic heterocycles. The van der Waals surface area contributed by atoms with Crippen molar-refractivity contribution >= 4 is 22.6 Å². The molecular weight excluding hydrogens is 478 g/mol. The Labute approximate surface area is 160 Å².